The number of hydrogen-bond donors (Lipinski definition) is 1. The Morgan fingerprint density at radius 2 is 1.93 bits per heavy atom. The molecule has 0 saturated heterocycles. The van der Waals surface area contributed by atoms with Crippen LogP contribution in [0.3, 0.4) is 0 Å². The third-order valence-electron chi connectivity index (χ3n) is 4.00. The molecule has 0 aliphatic rings. The lowest BCUT2D eigenvalue weighted by Gasteiger charge is -2.10. The summed E-state index contributed by atoms with van der Waals surface area (Å²) in [4.78, 5) is 13.3. The molecule has 0 aliphatic carbocycles. The topological polar surface area (TPSA) is 95.8 Å². The first-order valence-electron chi connectivity index (χ1n) is 7.98. The van der Waals surface area contributed by atoms with E-state index in [1.54, 1.807) is 24.7 Å². The SMILES string of the molecule is O=S([O-])NCc1ccc(-c2nc3ccncc3n2-c2ccc(Cl)cc2)cn1. The van der Waals surface area contributed by atoms with Crippen molar-refractivity contribution in [3.05, 3.63) is 71.8 Å². The summed E-state index contributed by atoms with van der Waals surface area (Å²) >= 11 is 3.70. The van der Waals surface area contributed by atoms with Gasteiger partial charge in [0.15, 0.2) is 0 Å². The molecule has 1 N–H and O–H groups in total. The van der Waals surface area contributed by atoms with Crippen LogP contribution >= 0.6 is 11.6 Å². The van der Waals surface area contributed by atoms with Crippen molar-refractivity contribution >= 4 is 33.9 Å². The molecule has 9 heteroatoms. The number of nitrogens with one attached hydrogen (secondary N) is 1. The minimum absolute atomic E-state index is 0.133. The van der Waals surface area contributed by atoms with Gasteiger partial charge >= 0.3 is 0 Å². The van der Waals surface area contributed by atoms with Crippen molar-refractivity contribution < 1.29 is 8.76 Å². The Hall–Kier alpha value is -2.65. The molecule has 0 spiro atoms. The summed E-state index contributed by atoms with van der Waals surface area (Å²) in [7, 11) is 0. The van der Waals surface area contributed by atoms with Crippen LogP contribution < -0.4 is 4.72 Å². The number of pyridine rings is 2. The number of nitrogens with zero attached hydrogens (tertiary/aromatic N) is 4. The molecule has 27 heavy (non-hydrogen) atoms. The number of aromatic nitrogens is 4. The first-order valence-corrected chi connectivity index (χ1v) is 9.43. The molecule has 0 bridgehead atoms. The highest BCUT2D eigenvalue weighted by Crippen LogP contribution is 2.28. The van der Waals surface area contributed by atoms with Crippen LogP contribution in [-0.4, -0.2) is 28.3 Å². The second-order valence-corrected chi connectivity index (χ2v) is 6.90. The molecule has 0 fully saturated rings. The van der Waals surface area contributed by atoms with Crippen LogP contribution in [-0.2, 0) is 17.8 Å². The zero-order chi connectivity index (χ0) is 18.8. The monoisotopic (exact) mass is 398 g/mol. The second kappa shape index (κ2) is 7.53. The van der Waals surface area contributed by atoms with Crippen LogP contribution in [0.1, 0.15) is 5.69 Å². The van der Waals surface area contributed by atoms with E-state index in [2.05, 4.69) is 14.7 Å². The van der Waals surface area contributed by atoms with Crippen molar-refractivity contribution in [1.82, 2.24) is 24.2 Å². The van der Waals surface area contributed by atoms with Gasteiger partial charge in [0, 0.05) is 46.5 Å². The molecule has 0 radical (unpaired) electrons. The lowest BCUT2D eigenvalue weighted by atomic mass is 10.2. The molecule has 1 atom stereocenters. The molecule has 1 aromatic carbocycles. The maximum absolute atomic E-state index is 10.6. The smallest absolute Gasteiger partial charge is 0.147 e. The highest BCUT2D eigenvalue weighted by Gasteiger charge is 2.14. The van der Waals surface area contributed by atoms with Gasteiger partial charge in [0.05, 0.1) is 22.9 Å². The predicted molar refractivity (Wildman–Crippen MR) is 103 cm³/mol. The van der Waals surface area contributed by atoms with E-state index < -0.39 is 11.3 Å². The largest absolute Gasteiger partial charge is 0.760 e. The van der Waals surface area contributed by atoms with Gasteiger partial charge in [-0.2, -0.15) is 0 Å². The van der Waals surface area contributed by atoms with Gasteiger partial charge in [-0.3, -0.25) is 18.7 Å². The highest BCUT2D eigenvalue weighted by atomic mass is 35.5. The van der Waals surface area contributed by atoms with Gasteiger partial charge in [-0.05, 0) is 42.5 Å². The van der Waals surface area contributed by atoms with Crippen LogP contribution in [0.15, 0.2) is 61.1 Å². The summed E-state index contributed by atoms with van der Waals surface area (Å²) in [6.07, 6.45) is 5.13. The minimum Gasteiger partial charge on any atom is -0.760 e. The van der Waals surface area contributed by atoms with Crippen molar-refractivity contribution in [1.29, 1.82) is 0 Å². The molecule has 1 unspecified atom stereocenters. The third kappa shape index (κ3) is 3.74. The standard InChI is InChI=1S/C18H14ClN5O2S/c19-13-2-5-15(6-3-13)24-17-11-20-8-7-16(17)23-18(24)12-1-4-14(21-9-12)10-22-27(25)26/h1-9,11,22H,10H2,(H,25,26)/p-1. The fraction of sp³-hybridized carbons (Fsp3) is 0.0556. The van der Waals surface area contributed by atoms with E-state index in [1.807, 2.05) is 41.0 Å². The van der Waals surface area contributed by atoms with Gasteiger partial charge in [0.25, 0.3) is 0 Å². The van der Waals surface area contributed by atoms with E-state index in [1.165, 1.54) is 0 Å². The van der Waals surface area contributed by atoms with Crippen LogP contribution in [0.5, 0.6) is 0 Å². The third-order valence-corrected chi connectivity index (χ3v) is 4.63. The van der Waals surface area contributed by atoms with Gasteiger partial charge in [0.2, 0.25) is 0 Å². The number of benzene rings is 1. The van der Waals surface area contributed by atoms with Gasteiger partial charge in [-0.15, -0.1) is 0 Å². The van der Waals surface area contributed by atoms with Crippen molar-refractivity contribution in [3.8, 4) is 17.1 Å². The molecule has 0 amide bonds. The highest BCUT2D eigenvalue weighted by molar-refractivity contribution is 7.77. The molecular weight excluding hydrogens is 386 g/mol. The Morgan fingerprint density at radius 1 is 1.11 bits per heavy atom. The number of halogens is 1. The predicted octanol–water partition coefficient (Wildman–Crippen LogP) is 3.02. The first kappa shape index (κ1) is 17.7. The van der Waals surface area contributed by atoms with Crippen LogP contribution in [0, 0.1) is 0 Å². The number of imidazole rings is 1. The Kier molecular flexibility index (Phi) is 4.95. The molecule has 3 aromatic heterocycles. The molecule has 4 rings (SSSR count). The van der Waals surface area contributed by atoms with Gasteiger partial charge < -0.3 is 4.55 Å². The molecule has 7 nitrogen and oxygen atoms in total. The lowest BCUT2D eigenvalue weighted by Crippen LogP contribution is -2.16. The average molecular weight is 399 g/mol. The Bertz CT molecular complexity index is 1110. The second-order valence-electron chi connectivity index (χ2n) is 5.71. The maximum atomic E-state index is 10.6. The summed E-state index contributed by atoms with van der Waals surface area (Å²) in [6, 6.07) is 12.9. The quantitative estimate of drug-likeness (QED) is 0.521. The average Bonchev–Trinajstić information content (AvgIpc) is 3.07. The fourth-order valence-electron chi connectivity index (χ4n) is 2.76. The summed E-state index contributed by atoms with van der Waals surface area (Å²) in [6.45, 7) is 0.133. The van der Waals surface area contributed by atoms with Gasteiger partial charge in [-0.25, -0.2) is 9.71 Å². The number of rotatable bonds is 5. The first-order chi connectivity index (χ1) is 13.1. The molecule has 3 heterocycles. The summed E-state index contributed by atoms with van der Waals surface area (Å²) < 4.78 is 25.5. The maximum Gasteiger partial charge on any atom is 0.147 e. The van der Waals surface area contributed by atoms with Crippen LogP contribution in [0.4, 0.5) is 0 Å². The van der Waals surface area contributed by atoms with E-state index in [9.17, 15) is 8.76 Å². The van der Waals surface area contributed by atoms with Crippen LogP contribution in [0.25, 0.3) is 28.1 Å². The van der Waals surface area contributed by atoms with Gasteiger partial charge in [0.1, 0.15) is 5.82 Å². The normalized spacial score (nSPS) is 12.4. The Morgan fingerprint density at radius 3 is 2.63 bits per heavy atom. The summed E-state index contributed by atoms with van der Waals surface area (Å²) in [5.74, 6) is 0.708. The number of hydrogen-bond acceptors (Lipinski definition) is 5. The Balaban J connectivity index is 1.80. The Labute approximate surface area is 162 Å². The molecule has 136 valence electrons. The molecule has 0 aliphatic heterocycles. The van der Waals surface area contributed by atoms with Crippen molar-refractivity contribution in [2.45, 2.75) is 6.54 Å². The van der Waals surface area contributed by atoms with Gasteiger partial charge in [-0.1, -0.05) is 11.6 Å². The van der Waals surface area contributed by atoms with E-state index in [0.29, 0.717) is 16.5 Å². The molecule has 4 aromatic rings. The minimum atomic E-state index is -2.32. The van der Waals surface area contributed by atoms with E-state index in [-0.39, 0.29) is 6.54 Å². The molecule has 0 saturated carbocycles. The van der Waals surface area contributed by atoms with E-state index in [0.717, 1.165) is 22.3 Å². The van der Waals surface area contributed by atoms with E-state index in [4.69, 9.17) is 16.6 Å². The van der Waals surface area contributed by atoms with Crippen LogP contribution in [0.2, 0.25) is 5.02 Å². The zero-order valence-corrected chi connectivity index (χ0v) is 15.4. The number of fused-ring (bicyclic) bond motifs is 1. The fourth-order valence-corrected chi connectivity index (χ4v) is 3.15. The van der Waals surface area contributed by atoms with Crippen molar-refractivity contribution in [2.24, 2.45) is 0 Å². The molecular formula is C18H13ClN5O2S-. The lowest BCUT2D eigenvalue weighted by molar-refractivity contribution is 0.522. The zero-order valence-electron chi connectivity index (χ0n) is 13.9. The van der Waals surface area contributed by atoms with E-state index >= 15 is 0 Å². The van der Waals surface area contributed by atoms with Crippen molar-refractivity contribution in [2.75, 3.05) is 0 Å². The summed E-state index contributed by atoms with van der Waals surface area (Å²) in [5.41, 5.74) is 3.98. The van der Waals surface area contributed by atoms with Crippen molar-refractivity contribution in [3.63, 3.8) is 0 Å². The summed E-state index contributed by atoms with van der Waals surface area (Å²) in [5, 5.41) is 0.650.